The highest BCUT2D eigenvalue weighted by atomic mass is 35.5. The number of anilines is 2. The number of Topliss-reactive ketones (excluding diaryl/α,β-unsaturated/α-hetero) is 1. The highest BCUT2D eigenvalue weighted by Crippen LogP contribution is 2.40. The van der Waals surface area contributed by atoms with Crippen molar-refractivity contribution < 1.29 is 35.9 Å². The van der Waals surface area contributed by atoms with Gasteiger partial charge in [0.1, 0.15) is 11.9 Å². The van der Waals surface area contributed by atoms with E-state index in [0.29, 0.717) is 23.6 Å². The second kappa shape index (κ2) is 11.0. The number of likely N-dealkylation sites (tertiary alicyclic amines) is 1. The third kappa shape index (κ3) is 6.88. The Morgan fingerprint density at radius 3 is 2.43 bits per heavy atom. The molecule has 0 atom stereocenters. The van der Waals surface area contributed by atoms with Crippen LogP contribution in [-0.4, -0.2) is 53.8 Å². The number of aryl methyl sites for hydroxylation is 2. The summed E-state index contributed by atoms with van der Waals surface area (Å²) in [6, 6.07) is 3.44. The molecule has 0 radical (unpaired) electrons. The van der Waals surface area contributed by atoms with E-state index in [2.05, 4.69) is 10.3 Å². The topological polar surface area (TPSA) is 54.5 Å². The Kier molecular flexibility index (Phi) is 8.30. The number of benzene rings is 1. The molecular weight excluding hydrogens is 544 g/mol. The molecule has 0 amide bonds. The lowest BCUT2D eigenvalue weighted by Gasteiger charge is -2.33. The molecular formula is C24H26ClF6N3O2S. The van der Waals surface area contributed by atoms with Crippen LogP contribution in [0.15, 0.2) is 12.1 Å². The number of alkyl halides is 6. The van der Waals surface area contributed by atoms with Crippen LogP contribution in [0.4, 0.5) is 37.2 Å². The van der Waals surface area contributed by atoms with Crippen molar-refractivity contribution in [3.05, 3.63) is 33.3 Å². The second-order valence-electron chi connectivity index (χ2n) is 9.37. The molecule has 204 valence electrons. The summed E-state index contributed by atoms with van der Waals surface area (Å²) in [4.78, 5) is 19.1. The molecule has 1 aliphatic heterocycles. The molecule has 2 heterocycles. The summed E-state index contributed by atoms with van der Waals surface area (Å²) >= 11 is 7.94. The number of hydrogen-bond acceptors (Lipinski definition) is 6. The predicted octanol–water partition coefficient (Wildman–Crippen LogP) is 6.88. The Hall–Kier alpha value is -2.05. The van der Waals surface area contributed by atoms with Gasteiger partial charge in [-0.2, -0.15) is 26.3 Å². The first kappa shape index (κ1) is 28.0. The van der Waals surface area contributed by atoms with Crippen LogP contribution in [0.5, 0.6) is 5.75 Å². The van der Waals surface area contributed by atoms with Gasteiger partial charge in [0.2, 0.25) is 5.92 Å². The summed E-state index contributed by atoms with van der Waals surface area (Å²) in [5, 5.41) is 4.54. The third-order valence-electron chi connectivity index (χ3n) is 6.60. The Morgan fingerprint density at radius 2 is 1.81 bits per heavy atom. The van der Waals surface area contributed by atoms with Crippen LogP contribution in [-0.2, 0) is 17.6 Å². The van der Waals surface area contributed by atoms with E-state index in [1.54, 1.807) is 23.5 Å². The molecule has 0 unspecified atom stereocenters. The van der Waals surface area contributed by atoms with Crippen LogP contribution >= 0.6 is 22.9 Å². The van der Waals surface area contributed by atoms with E-state index >= 15 is 0 Å². The number of carbonyl (C=O) groups is 1. The SMILES string of the molecule is Cc1c(Nc2nc3c(s2)CCCC3)cc(Cl)cc1OC1CCN(CC(=O)C(C(F)(F)F)C(F)(F)F)CC1. The molecule has 37 heavy (non-hydrogen) atoms. The number of halogens is 7. The molecule has 1 aromatic heterocycles. The zero-order chi connectivity index (χ0) is 27.0. The highest BCUT2D eigenvalue weighted by Gasteiger charge is 2.60. The summed E-state index contributed by atoms with van der Waals surface area (Å²) < 4.78 is 83.1. The van der Waals surface area contributed by atoms with Crippen molar-refractivity contribution in [2.45, 2.75) is 63.9 Å². The summed E-state index contributed by atoms with van der Waals surface area (Å²) in [7, 11) is 0. The maximum atomic E-state index is 12.8. The fourth-order valence-electron chi connectivity index (χ4n) is 4.65. The number of carbonyl (C=O) groups excluding carboxylic acids is 1. The zero-order valence-electron chi connectivity index (χ0n) is 19.9. The Morgan fingerprint density at radius 1 is 1.16 bits per heavy atom. The molecule has 0 spiro atoms. The minimum atomic E-state index is -5.68. The van der Waals surface area contributed by atoms with E-state index in [-0.39, 0.29) is 19.2 Å². The number of ether oxygens (including phenoxy) is 1. The third-order valence-corrected chi connectivity index (χ3v) is 7.89. The summed E-state index contributed by atoms with van der Waals surface area (Å²) in [6.45, 7) is 1.21. The van der Waals surface area contributed by atoms with Gasteiger partial charge in [0.05, 0.1) is 12.2 Å². The first-order valence-electron chi connectivity index (χ1n) is 11.9. The van der Waals surface area contributed by atoms with Crippen molar-refractivity contribution >= 4 is 39.5 Å². The van der Waals surface area contributed by atoms with Gasteiger partial charge in [0, 0.05) is 34.2 Å². The molecule has 13 heteroatoms. The first-order chi connectivity index (χ1) is 17.3. The van der Waals surface area contributed by atoms with Gasteiger partial charge in [-0.25, -0.2) is 4.98 Å². The van der Waals surface area contributed by atoms with E-state index in [1.807, 2.05) is 6.92 Å². The average molecular weight is 570 g/mol. The van der Waals surface area contributed by atoms with Crippen LogP contribution in [0, 0.1) is 12.8 Å². The van der Waals surface area contributed by atoms with Gasteiger partial charge in [-0.3, -0.25) is 9.69 Å². The number of aromatic nitrogens is 1. The number of rotatable bonds is 7. The molecule has 0 bridgehead atoms. The molecule has 2 aromatic rings. The highest BCUT2D eigenvalue weighted by molar-refractivity contribution is 7.15. The van der Waals surface area contributed by atoms with Crippen LogP contribution in [0.3, 0.4) is 0 Å². The van der Waals surface area contributed by atoms with Crippen molar-refractivity contribution in [1.82, 2.24) is 9.88 Å². The fourth-order valence-corrected chi connectivity index (χ4v) is 5.92. The molecule has 0 saturated carbocycles. The standard InChI is InChI=1S/C24H26ClF6N3O2S/c1-13-17(33-22-32-16-4-2-3-5-20(16)37-22)10-14(25)11-19(13)36-15-6-8-34(9-7-15)12-18(35)21(23(26,27)28)24(29,30)31/h10-11,15,21H,2-9,12H2,1H3,(H,32,33). The normalized spacial score (nSPS) is 17.6. The van der Waals surface area contributed by atoms with E-state index < -0.39 is 30.6 Å². The maximum absolute atomic E-state index is 12.8. The molecule has 2 aliphatic rings. The lowest BCUT2D eigenvalue weighted by Crippen LogP contribution is -2.48. The molecule has 4 rings (SSSR count). The second-order valence-corrected chi connectivity index (χ2v) is 10.9. The molecule has 1 N–H and O–H groups in total. The monoisotopic (exact) mass is 569 g/mol. The van der Waals surface area contributed by atoms with Gasteiger partial charge in [0.25, 0.3) is 0 Å². The summed E-state index contributed by atoms with van der Waals surface area (Å²) in [6.07, 6.45) is -6.74. The van der Waals surface area contributed by atoms with Crippen LogP contribution in [0.25, 0.3) is 0 Å². The van der Waals surface area contributed by atoms with Gasteiger partial charge >= 0.3 is 12.4 Å². The number of thiazole rings is 1. The molecule has 1 aromatic carbocycles. The van der Waals surface area contributed by atoms with Crippen molar-refractivity contribution in [1.29, 1.82) is 0 Å². The first-order valence-corrected chi connectivity index (χ1v) is 13.1. The minimum absolute atomic E-state index is 0.133. The number of hydrogen-bond donors (Lipinski definition) is 1. The van der Waals surface area contributed by atoms with Crippen molar-refractivity contribution in [3.63, 3.8) is 0 Å². The van der Waals surface area contributed by atoms with Gasteiger partial charge in [-0.05, 0) is 57.6 Å². The minimum Gasteiger partial charge on any atom is -0.490 e. The van der Waals surface area contributed by atoms with E-state index in [1.165, 1.54) is 9.78 Å². The zero-order valence-corrected chi connectivity index (χ0v) is 21.5. The smallest absolute Gasteiger partial charge is 0.407 e. The molecule has 1 aliphatic carbocycles. The van der Waals surface area contributed by atoms with E-state index in [9.17, 15) is 31.1 Å². The van der Waals surface area contributed by atoms with Gasteiger partial charge in [-0.15, -0.1) is 11.3 Å². The number of nitrogens with zero attached hydrogens (tertiary/aromatic N) is 2. The van der Waals surface area contributed by atoms with Gasteiger partial charge in [-0.1, -0.05) is 11.6 Å². The van der Waals surface area contributed by atoms with Gasteiger partial charge in [0.15, 0.2) is 10.9 Å². The van der Waals surface area contributed by atoms with Crippen molar-refractivity contribution in [2.24, 2.45) is 5.92 Å². The van der Waals surface area contributed by atoms with E-state index in [4.69, 9.17) is 16.3 Å². The summed E-state index contributed by atoms with van der Waals surface area (Å²) in [5.41, 5.74) is 2.66. The quantitative estimate of drug-likeness (QED) is 0.368. The van der Waals surface area contributed by atoms with Crippen molar-refractivity contribution in [3.8, 4) is 5.75 Å². The van der Waals surface area contributed by atoms with Crippen LogP contribution in [0.1, 0.15) is 41.8 Å². The average Bonchev–Trinajstić information content (AvgIpc) is 3.18. The number of nitrogens with one attached hydrogen (secondary N) is 1. The Balaban J connectivity index is 1.36. The van der Waals surface area contributed by atoms with E-state index in [0.717, 1.165) is 47.8 Å². The predicted molar refractivity (Wildman–Crippen MR) is 129 cm³/mol. The fraction of sp³-hybridized carbons (Fsp3) is 0.583. The maximum Gasteiger partial charge on any atom is 0.407 e. The Labute approximate surface area is 219 Å². The number of ketones is 1. The number of piperidine rings is 1. The van der Waals surface area contributed by atoms with Crippen molar-refractivity contribution in [2.75, 3.05) is 25.0 Å². The lowest BCUT2D eigenvalue weighted by molar-refractivity contribution is -0.273. The largest absolute Gasteiger partial charge is 0.490 e. The lowest BCUT2D eigenvalue weighted by atomic mass is 10.0. The molecule has 1 saturated heterocycles. The molecule has 1 fully saturated rings. The molecule has 5 nitrogen and oxygen atoms in total. The Bertz CT molecular complexity index is 1090. The van der Waals surface area contributed by atoms with Crippen LogP contribution < -0.4 is 10.1 Å². The van der Waals surface area contributed by atoms with Crippen LogP contribution in [0.2, 0.25) is 5.02 Å². The number of fused-ring (bicyclic) bond motifs is 1. The van der Waals surface area contributed by atoms with Gasteiger partial charge < -0.3 is 10.1 Å². The summed E-state index contributed by atoms with van der Waals surface area (Å²) in [5.74, 6) is -5.35.